The van der Waals surface area contributed by atoms with Crippen molar-refractivity contribution in [1.82, 2.24) is 0 Å². The van der Waals surface area contributed by atoms with Crippen molar-refractivity contribution in [3.05, 3.63) is 66.2 Å². The first-order valence-corrected chi connectivity index (χ1v) is 8.12. The van der Waals surface area contributed by atoms with Crippen LogP contribution in [0, 0.1) is 5.92 Å². The van der Waals surface area contributed by atoms with Crippen LogP contribution in [0.15, 0.2) is 65.6 Å². The summed E-state index contributed by atoms with van der Waals surface area (Å²) in [5.41, 5.74) is 0.947. The van der Waals surface area contributed by atoms with E-state index in [1.54, 1.807) is 19.1 Å². The van der Waals surface area contributed by atoms with E-state index in [0.717, 1.165) is 10.5 Å². The highest BCUT2D eigenvalue weighted by molar-refractivity contribution is 7.85. The smallest absolute Gasteiger partial charge is 0.309 e. The second-order valence-electron chi connectivity index (χ2n) is 4.82. The van der Waals surface area contributed by atoms with Crippen molar-refractivity contribution in [2.24, 2.45) is 5.92 Å². The predicted molar refractivity (Wildman–Crippen MR) is 83.1 cm³/mol. The lowest BCUT2D eigenvalue weighted by Gasteiger charge is -2.11. The Morgan fingerprint density at radius 3 is 2.24 bits per heavy atom. The number of hydrogen-bond acceptors (Lipinski definition) is 3. The van der Waals surface area contributed by atoms with E-state index in [-0.39, 0.29) is 18.3 Å². The molecule has 110 valence electrons. The van der Waals surface area contributed by atoms with E-state index in [1.807, 2.05) is 48.5 Å². The minimum atomic E-state index is -1.18. The van der Waals surface area contributed by atoms with Crippen molar-refractivity contribution in [3.63, 3.8) is 0 Å². The molecular formula is C17H18O3S. The van der Waals surface area contributed by atoms with E-state index in [2.05, 4.69) is 0 Å². The second-order valence-corrected chi connectivity index (χ2v) is 6.32. The summed E-state index contributed by atoms with van der Waals surface area (Å²) in [5, 5.41) is 0. The number of hydrogen-bond donors (Lipinski definition) is 0. The van der Waals surface area contributed by atoms with Gasteiger partial charge in [0.1, 0.15) is 6.61 Å². The maximum Gasteiger partial charge on any atom is 0.309 e. The average molecular weight is 302 g/mol. The summed E-state index contributed by atoms with van der Waals surface area (Å²) in [7, 11) is -1.18. The number of ether oxygens (including phenoxy) is 1. The van der Waals surface area contributed by atoms with Gasteiger partial charge in [0.05, 0.1) is 16.7 Å². The van der Waals surface area contributed by atoms with E-state index in [1.165, 1.54) is 0 Å². The van der Waals surface area contributed by atoms with Crippen LogP contribution in [0.4, 0.5) is 0 Å². The molecule has 2 atom stereocenters. The Morgan fingerprint density at radius 1 is 1.05 bits per heavy atom. The Kier molecular flexibility index (Phi) is 5.69. The number of carbonyl (C=O) groups excluding carboxylic acids is 1. The van der Waals surface area contributed by atoms with E-state index >= 15 is 0 Å². The molecule has 0 aromatic heterocycles. The van der Waals surface area contributed by atoms with Gasteiger partial charge < -0.3 is 4.74 Å². The molecule has 2 aromatic carbocycles. The molecule has 0 saturated carbocycles. The van der Waals surface area contributed by atoms with Crippen LogP contribution < -0.4 is 0 Å². The molecular weight excluding hydrogens is 284 g/mol. The topological polar surface area (TPSA) is 43.4 Å². The standard InChI is InChI=1S/C17H18O3S/c1-14(13-21(19)16-10-6-3-7-11-16)17(18)20-12-15-8-4-2-5-9-15/h2-11,14H,12-13H2,1H3. The van der Waals surface area contributed by atoms with Crippen LogP contribution in [0.5, 0.6) is 0 Å². The highest BCUT2D eigenvalue weighted by atomic mass is 32.2. The average Bonchev–Trinajstić information content (AvgIpc) is 2.54. The molecule has 0 N–H and O–H groups in total. The molecule has 0 saturated heterocycles. The van der Waals surface area contributed by atoms with Crippen molar-refractivity contribution in [2.45, 2.75) is 18.4 Å². The Labute approximate surface area is 127 Å². The molecule has 3 nitrogen and oxygen atoms in total. The van der Waals surface area contributed by atoms with Crippen LogP contribution in [-0.4, -0.2) is 15.9 Å². The van der Waals surface area contributed by atoms with Gasteiger partial charge >= 0.3 is 5.97 Å². The fourth-order valence-corrected chi connectivity index (χ4v) is 3.08. The first-order chi connectivity index (χ1) is 10.2. The zero-order chi connectivity index (χ0) is 15.1. The molecule has 4 heteroatoms. The molecule has 0 spiro atoms. The van der Waals surface area contributed by atoms with Crippen LogP contribution >= 0.6 is 0 Å². The molecule has 0 aliphatic carbocycles. The quantitative estimate of drug-likeness (QED) is 0.770. The van der Waals surface area contributed by atoms with Gasteiger partial charge in [0.2, 0.25) is 0 Å². The molecule has 0 aliphatic rings. The SMILES string of the molecule is CC(CS(=O)c1ccccc1)C(=O)OCc1ccccc1. The van der Waals surface area contributed by atoms with Gasteiger partial charge in [-0.2, -0.15) is 0 Å². The molecule has 0 amide bonds. The lowest BCUT2D eigenvalue weighted by molar-refractivity contribution is -0.148. The molecule has 0 bridgehead atoms. The van der Waals surface area contributed by atoms with Crippen molar-refractivity contribution < 1.29 is 13.7 Å². The van der Waals surface area contributed by atoms with Crippen molar-refractivity contribution >= 4 is 16.8 Å². The lowest BCUT2D eigenvalue weighted by Crippen LogP contribution is -2.20. The van der Waals surface area contributed by atoms with Crippen LogP contribution in [-0.2, 0) is 26.9 Å². The zero-order valence-electron chi connectivity index (χ0n) is 11.9. The minimum absolute atomic E-state index is 0.252. The monoisotopic (exact) mass is 302 g/mol. The maximum atomic E-state index is 12.1. The highest BCUT2D eigenvalue weighted by Crippen LogP contribution is 2.11. The molecule has 0 radical (unpaired) electrons. The number of rotatable bonds is 6. The summed E-state index contributed by atoms with van der Waals surface area (Å²) in [4.78, 5) is 12.7. The Balaban J connectivity index is 1.84. The molecule has 2 unspecified atom stereocenters. The van der Waals surface area contributed by atoms with Crippen LogP contribution in [0.1, 0.15) is 12.5 Å². The van der Waals surface area contributed by atoms with E-state index in [9.17, 15) is 9.00 Å². The third-order valence-corrected chi connectivity index (χ3v) is 4.63. The number of benzene rings is 2. The second kappa shape index (κ2) is 7.74. The maximum absolute atomic E-state index is 12.1. The van der Waals surface area contributed by atoms with E-state index < -0.39 is 16.7 Å². The van der Waals surface area contributed by atoms with Gasteiger partial charge in [0.25, 0.3) is 0 Å². The lowest BCUT2D eigenvalue weighted by atomic mass is 10.2. The summed E-state index contributed by atoms with van der Waals surface area (Å²) >= 11 is 0. The number of carbonyl (C=O) groups is 1. The fraction of sp³-hybridized carbons (Fsp3) is 0.235. The van der Waals surface area contributed by atoms with Gasteiger partial charge in [0.15, 0.2) is 0 Å². The summed E-state index contributed by atoms with van der Waals surface area (Å²) in [6.45, 7) is 2.00. The summed E-state index contributed by atoms with van der Waals surface area (Å²) in [5.74, 6) is -0.435. The van der Waals surface area contributed by atoms with E-state index in [4.69, 9.17) is 4.74 Å². The largest absolute Gasteiger partial charge is 0.461 e. The normalized spacial score (nSPS) is 13.4. The molecule has 0 aliphatic heterocycles. The van der Waals surface area contributed by atoms with Crippen molar-refractivity contribution in [2.75, 3.05) is 5.75 Å². The summed E-state index contributed by atoms with van der Waals surface area (Å²) in [6, 6.07) is 18.7. The third kappa shape index (κ3) is 4.83. The number of esters is 1. The van der Waals surface area contributed by atoms with E-state index in [0.29, 0.717) is 0 Å². The first kappa shape index (κ1) is 15.4. The van der Waals surface area contributed by atoms with Gasteiger partial charge in [0, 0.05) is 10.6 Å². The van der Waals surface area contributed by atoms with Crippen molar-refractivity contribution in [3.8, 4) is 0 Å². The van der Waals surface area contributed by atoms with Gasteiger partial charge in [-0.15, -0.1) is 0 Å². The predicted octanol–water partition coefficient (Wildman–Crippen LogP) is 3.17. The highest BCUT2D eigenvalue weighted by Gasteiger charge is 2.18. The molecule has 2 aromatic rings. The Hall–Kier alpha value is -1.94. The third-order valence-electron chi connectivity index (χ3n) is 3.03. The molecule has 21 heavy (non-hydrogen) atoms. The summed E-state index contributed by atoms with van der Waals surface area (Å²) < 4.78 is 17.4. The minimum Gasteiger partial charge on any atom is -0.461 e. The van der Waals surface area contributed by atoms with Crippen LogP contribution in [0.2, 0.25) is 0 Å². The van der Waals surface area contributed by atoms with Gasteiger partial charge in [-0.1, -0.05) is 55.5 Å². The van der Waals surface area contributed by atoms with Crippen LogP contribution in [0.25, 0.3) is 0 Å². The van der Waals surface area contributed by atoms with Gasteiger partial charge in [-0.3, -0.25) is 9.00 Å². The van der Waals surface area contributed by atoms with Gasteiger partial charge in [-0.25, -0.2) is 0 Å². The molecule has 0 heterocycles. The fourth-order valence-electron chi connectivity index (χ4n) is 1.83. The Morgan fingerprint density at radius 2 is 1.62 bits per heavy atom. The zero-order valence-corrected chi connectivity index (χ0v) is 12.7. The summed E-state index contributed by atoms with van der Waals surface area (Å²) in [6.07, 6.45) is 0. The van der Waals surface area contributed by atoms with Crippen molar-refractivity contribution in [1.29, 1.82) is 0 Å². The van der Waals surface area contributed by atoms with Crippen LogP contribution in [0.3, 0.4) is 0 Å². The van der Waals surface area contributed by atoms with Gasteiger partial charge in [-0.05, 0) is 17.7 Å². The Bertz CT molecular complexity index is 596. The first-order valence-electron chi connectivity index (χ1n) is 6.81. The molecule has 2 rings (SSSR count). The molecule has 0 fully saturated rings.